The fraction of sp³-hybridized carbons (Fsp3) is 0.417. The van der Waals surface area contributed by atoms with E-state index in [0.29, 0.717) is 40.4 Å². The Morgan fingerprint density at radius 2 is 0.682 bits per heavy atom. The molecule has 0 spiro atoms. The van der Waals surface area contributed by atoms with Crippen LogP contribution in [0.25, 0.3) is 0 Å². The van der Waals surface area contributed by atoms with Crippen LogP contribution in [0.1, 0.15) is 161 Å². The molecule has 3 saturated carbocycles. The first-order valence-electron chi connectivity index (χ1n) is 31.3. The molecule has 3 aliphatic heterocycles. The molecule has 0 unspecified atom stereocenters. The van der Waals surface area contributed by atoms with Crippen molar-refractivity contribution < 1.29 is 31.9 Å². The van der Waals surface area contributed by atoms with Gasteiger partial charge in [-0.15, -0.1) is 0 Å². The summed E-state index contributed by atoms with van der Waals surface area (Å²) in [5.74, 6) is -2.74. The number of aryl methyl sites for hydroxylation is 3. The summed E-state index contributed by atoms with van der Waals surface area (Å²) < 4.78 is 57.0. The van der Waals surface area contributed by atoms with Gasteiger partial charge in [0, 0.05) is 78.7 Å². The molecule has 6 aromatic rings. The van der Waals surface area contributed by atoms with E-state index in [1.807, 2.05) is 81.3 Å². The van der Waals surface area contributed by atoms with Crippen molar-refractivity contribution >= 4 is 86.0 Å². The van der Waals surface area contributed by atoms with Gasteiger partial charge in [-0.05, 0) is 183 Å². The molecule has 6 aliphatic rings. The molecule has 0 atom stereocenters. The average molecular weight is 1200 g/mol. The lowest BCUT2D eigenvalue weighted by molar-refractivity contribution is 0.101. The van der Waals surface area contributed by atoms with Crippen LogP contribution in [0.5, 0.6) is 0 Å². The summed E-state index contributed by atoms with van der Waals surface area (Å²) in [6.07, 6.45) is 21.5. The van der Waals surface area contributed by atoms with Crippen molar-refractivity contribution in [1.29, 1.82) is 0 Å². The molecule has 16 heteroatoms. The second-order valence-electron chi connectivity index (χ2n) is 25.5. The molecular formula is C72H83F4N9O3. The van der Waals surface area contributed by atoms with Gasteiger partial charge >= 0.3 is 0 Å². The Bertz CT molecular complexity index is 3560. The highest BCUT2D eigenvalue weighted by Crippen LogP contribution is 2.43. The van der Waals surface area contributed by atoms with Crippen molar-refractivity contribution in [3.05, 3.63) is 158 Å². The van der Waals surface area contributed by atoms with Crippen molar-refractivity contribution in [3.63, 3.8) is 0 Å². The van der Waals surface area contributed by atoms with Crippen molar-refractivity contribution in [2.24, 2.45) is 32.7 Å². The standard InChI is InChI=1S/C24H27F2N3O.2C24H28FN3O/c1-14-9-17(25)23(18(26)10-14)24(30)28-21-13-20-16(12-22(21)29(2)3)11-19(27-20)15-7-5-4-6-8-15;2*1-15-9-10-18(19(25)11-15)24(29)27-22-14-21-17(13-23(22)28(2)3)12-20(26-21)16-7-5-4-6-8-16/h9-10,12-13,15H,4-8,11H2,1-3H3,(H,28,30);2*9-11,13-14,16H,4-8,12H2,1-3H3,(H,27,29). The number of amides is 3. The van der Waals surface area contributed by atoms with Crippen LogP contribution in [-0.2, 0) is 19.3 Å². The third kappa shape index (κ3) is 14.5. The molecule has 0 radical (unpaired) electrons. The number of rotatable bonds is 12. The van der Waals surface area contributed by atoms with Gasteiger partial charge in [0.15, 0.2) is 0 Å². The van der Waals surface area contributed by atoms with Crippen LogP contribution in [0.3, 0.4) is 0 Å². The molecule has 462 valence electrons. The van der Waals surface area contributed by atoms with E-state index >= 15 is 0 Å². The third-order valence-electron chi connectivity index (χ3n) is 18.1. The summed E-state index contributed by atoms with van der Waals surface area (Å²) >= 11 is 0. The Balaban J connectivity index is 0.000000146. The van der Waals surface area contributed by atoms with E-state index < -0.39 is 46.6 Å². The minimum Gasteiger partial charge on any atom is -0.376 e. The van der Waals surface area contributed by atoms with Crippen molar-refractivity contribution in [2.75, 3.05) is 72.9 Å². The quantitative estimate of drug-likeness (QED) is 0.105. The van der Waals surface area contributed by atoms with E-state index in [2.05, 4.69) is 28.1 Å². The molecule has 3 heterocycles. The molecule has 0 aromatic heterocycles. The second kappa shape index (κ2) is 27.5. The molecule has 0 saturated heterocycles. The van der Waals surface area contributed by atoms with Crippen molar-refractivity contribution in [1.82, 2.24) is 0 Å². The summed E-state index contributed by atoms with van der Waals surface area (Å²) in [5, 5.41) is 8.51. The molecular weight excluding hydrogens is 1110 g/mol. The Kier molecular flexibility index (Phi) is 19.7. The number of hydrogen-bond donors (Lipinski definition) is 3. The third-order valence-corrected chi connectivity index (χ3v) is 18.1. The minimum atomic E-state index is -0.866. The van der Waals surface area contributed by atoms with Gasteiger partial charge in [0.2, 0.25) is 0 Å². The highest BCUT2D eigenvalue weighted by molar-refractivity contribution is 6.10. The monoisotopic (exact) mass is 1200 g/mol. The number of fused-ring (bicyclic) bond motifs is 3. The van der Waals surface area contributed by atoms with Crippen LogP contribution in [0, 0.1) is 61.8 Å². The number of halogens is 4. The zero-order valence-electron chi connectivity index (χ0n) is 52.5. The SMILES string of the molecule is Cc1cc(F)c(C(=O)Nc2cc3c(cc2N(C)C)CC(C2CCCCC2)=N3)c(F)c1.Cc1ccc(C(=O)Nc2cc3c(cc2N(C)C)CC(C2CCCCC2)=N3)c(F)c1.Cc1ccc(C(=O)Nc2cc3c(cc2N(C)C)CC(C2CCCCC2)=N3)c(F)c1. The predicted molar refractivity (Wildman–Crippen MR) is 352 cm³/mol. The van der Waals surface area contributed by atoms with Gasteiger partial charge in [0.05, 0.1) is 62.3 Å². The van der Waals surface area contributed by atoms with E-state index in [1.54, 1.807) is 32.9 Å². The molecule has 3 amide bonds. The van der Waals surface area contributed by atoms with Crippen molar-refractivity contribution in [2.45, 2.75) is 136 Å². The van der Waals surface area contributed by atoms with E-state index in [4.69, 9.17) is 15.0 Å². The Morgan fingerprint density at radius 3 is 0.977 bits per heavy atom. The highest BCUT2D eigenvalue weighted by atomic mass is 19.1. The van der Waals surface area contributed by atoms with Crippen LogP contribution >= 0.6 is 0 Å². The number of nitrogens with zero attached hydrogens (tertiary/aromatic N) is 6. The van der Waals surface area contributed by atoms with Gasteiger partial charge in [-0.1, -0.05) is 69.9 Å². The Hall–Kier alpha value is -8.14. The number of carbonyl (C=O) groups excluding carboxylic acids is 3. The number of benzene rings is 6. The van der Waals surface area contributed by atoms with Crippen LogP contribution in [0.2, 0.25) is 0 Å². The van der Waals surface area contributed by atoms with Gasteiger partial charge in [-0.25, -0.2) is 17.6 Å². The van der Waals surface area contributed by atoms with E-state index in [9.17, 15) is 31.9 Å². The normalized spacial score (nSPS) is 16.3. The first-order valence-corrected chi connectivity index (χ1v) is 31.3. The van der Waals surface area contributed by atoms with Gasteiger partial charge < -0.3 is 30.7 Å². The minimum absolute atomic E-state index is 0.0483. The molecule has 6 aromatic carbocycles. The zero-order chi connectivity index (χ0) is 62.5. The maximum atomic E-state index is 14.3. The molecule has 3 fully saturated rings. The molecule has 12 rings (SSSR count). The number of nitrogens with one attached hydrogen (secondary N) is 3. The van der Waals surface area contributed by atoms with Crippen LogP contribution in [0.15, 0.2) is 99.9 Å². The maximum Gasteiger partial charge on any atom is 0.261 e. The van der Waals surface area contributed by atoms with Crippen molar-refractivity contribution in [3.8, 4) is 0 Å². The molecule has 88 heavy (non-hydrogen) atoms. The zero-order valence-corrected chi connectivity index (χ0v) is 52.5. The van der Waals surface area contributed by atoms with Gasteiger partial charge in [0.1, 0.15) is 28.8 Å². The summed E-state index contributed by atoms with van der Waals surface area (Å²) in [7, 11) is 11.5. The smallest absolute Gasteiger partial charge is 0.261 e. The van der Waals surface area contributed by atoms with E-state index in [0.717, 1.165) is 82.2 Å². The number of anilines is 6. The first-order chi connectivity index (χ1) is 42.2. The predicted octanol–water partition coefficient (Wildman–Crippen LogP) is 17.1. The molecule has 3 N–H and O–H groups in total. The maximum absolute atomic E-state index is 14.3. The van der Waals surface area contributed by atoms with Crippen LogP contribution in [0.4, 0.5) is 68.7 Å². The lowest BCUT2D eigenvalue weighted by Gasteiger charge is -2.21. The molecule has 12 nitrogen and oxygen atoms in total. The number of carbonyl (C=O) groups is 3. The fourth-order valence-corrected chi connectivity index (χ4v) is 13.3. The van der Waals surface area contributed by atoms with Crippen LogP contribution < -0.4 is 30.7 Å². The topological polar surface area (TPSA) is 134 Å². The average Bonchev–Trinajstić information content (AvgIpc) is 2.60. The second-order valence-corrected chi connectivity index (χ2v) is 25.5. The van der Waals surface area contributed by atoms with Gasteiger partial charge in [0.25, 0.3) is 17.7 Å². The van der Waals surface area contributed by atoms with Gasteiger partial charge in [-0.3, -0.25) is 29.4 Å². The summed E-state index contributed by atoms with van der Waals surface area (Å²) in [6.45, 7) is 5.19. The summed E-state index contributed by atoms with van der Waals surface area (Å²) in [4.78, 5) is 58.7. The number of hydrogen-bond acceptors (Lipinski definition) is 9. The van der Waals surface area contributed by atoms with E-state index in [-0.39, 0.29) is 11.1 Å². The summed E-state index contributed by atoms with van der Waals surface area (Å²) in [5.41, 5.74) is 15.9. The lowest BCUT2D eigenvalue weighted by Crippen LogP contribution is -2.19. The van der Waals surface area contributed by atoms with E-state index in [1.165, 1.54) is 149 Å². The summed E-state index contributed by atoms with van der Waals surface area (Å²) in [6, 6.07) is 23.6. The van der Waals surface area contributed by atoms with Gasteiger partial charge in [-0.2, -0.15) is 0 Å². The first kappa shape index (κ1) is 62.9. The Morgan fingerprint density at radius 1 is 0.386 bits per heavy atom. The fourth-order valence-electron chi connectivity index (χ4n) is 13.3. The van der Waals surface area contributed by atoms with Crippen LogP contribution in [-0.4, -0.2) is 77.1 Å². The number of aliphatic imine (C=N–C) groups is 3. The molecule has 0 bridgehead atoms. The Labute approximate surface area is 516 Å². The highest BCUT2D eigenvalue weighted by Gasteiger charge is 2.31. The lowest BCUT2D eigenvalue weighted by atomic mass is 9.84. The molecule has 3 aliphatic carbocycles. The largest absolute Gasteiger partial charge is 0.376 e.